The highest BCUT2D eigenvalue weighted by molar-refractivity contribution is 6.07. The van der Waals surface area contributed by atoms with Gasteiger partial charge in [-0.2, -0.15) is 0 Å². The lowest BCUT2D eigenvalue weighted by molar-refractivity contribution is -0.130. The van der Waals surface area contributed by atoms with E-state index in [4.69, 9.17) is 0 Å². The molecule has 2 aliphatic heterocycles. The predicted octanol–water partition coefficient (Wildman–Crippen LogP) is 1.98. The zero-order chi connectivity index (χ0) is 20.5. The van der Waals surface area contributed by atoms with Crippen molar-refractivity contribution in [2.75, 3.05) is 31.1 Å². The molecule has 0 saturated carbocycles. The van der Waals surface area contributed by atoms with Gasteiger partial charge in [0, 0.05) is 44.8 Å². The molecule has 0 spiro atoms. The minimum Gasteiger partial charge on any atom is -0.339 e. The van der Waals surface area contributed by atoms with Crippen LogP contribution in [0.1, 0.15) is 40.4 Å². The molecule has 0 N–H and O–H groups in total. The Labute approximate surface area is 169 Å². The van der Waals surface area contributed by atoms with Crippen LogP contribution in [-0.4, -0.2) is 64.7 Å². The molecular formula is C22H24N4O3. The fraction of sp³-hybridized carbons (Fsp3) is 0.364. The standard InChI is InChI=1S/C22H24N4O3/c1-15-14-17-6-3-4-9-20(17)26(15)22(29)19-8-5-7-18(23-19)21(28)25-12-10-24(11-13-25)16(2)27/h3-9,15H,10-14H2,1-2H3. The van der Waals surface area contributed by atoms with Gasteiger partial charge in [0.1, 0.15) is 11.4 Å². The molecule has 3 amide bonds. The Balaban J connectivity index is 1.53. The third kappa shape index (κ3) is 3.60. The summed E-state index contributed by atoms with van der Waals surface area (Å²) in [6.07, 6.45) is 0.807. The van der Waals surface area contributed by atoms with Crippen LogP contribution < -0.4 is 4.90 Å². The molecule has 1 aromatic heterocycles. The fourth-order valence-corrected chi connectivity index (χ4v) is 4.06. The lowest BCUT2D eigenvalue weighted by Gasteiger charge is -2.34. The summed E-state index contributed by atoms with van der Waals surface area (Å²) in [5.74, 6) is -0.390. The molecule has 1 fully saturated rings. The Hall–Kier alpha value is -3.22. The van der Waals surface area contributed by atoms with Crippen molar-refractivity contribution in [1.82, 2.24) is 14.8 Å². The Bertz CT molecular complexity index is 966. The third-order valence-corrected chi connectivity index (χ3v) is 5.63. The number of pyridine rings is 1. The summed E-state index contributed by atoms with van der Waals surface area (Å²) in [6.45, 7) is 5.51. The Morgan fingerprint density at radius 2 is 1.48 bits per heavy atom. The summed E-state index contributed by atoms with van der Waals surface area (Å²) in [6, 6.07) is 12.9. The van der Waals surface area contributed by atoms with Gasteiger partial charge in [-0.25, -0.2) is 4.98 Å². The van der Waals surface area contributed by atoms with Crippen LogP contribution in [0.2, 0.25) is 0 Å². The van der Waals surface area contributed by atoms with Crippen LogP contribution in [-0.2, 0) is 11.2 Å². The van der Waals surface area contributed by atoms with E-state index in [1.165, 1.54) is 6.92 Å². The molecule has 7 heteroatoms. The van der Waals surface area contributed by atoms with E-state index in [0.717, 1.165) is 17.7 Å². The van der Waals surface area contributed by atoms with Crippen LogP contribution >= 0.6 is 0 Å². The number of piperazine rings is 1. The predicted molar refractivity (Wildman–Crippen MR) is 109 cm³/mol. The van der Waals surface area contributed by atoms with Crippen LogP contribution in [0, 0.1) is 0 Å². The van der Waals surface area contributed by atoms with E-state index in [2.05, 4.69) is 4.98 Å². The number of rotatable bonds is 2. The molecule has 1 atom stereocenters. The molecule has 0 bridgehead atoms. The molecule has 2 aromatic rings. The van der Waals surface area contributed by atoms with Gasteiger partial charge in [0.15, 0.2) is 0 Å². The second kappa shape index (κ2) is 7.66. The summed E-state index contributed by atoms with van der Waals surface area (Å²) in [5.41, 5.74) is 2.57. The van der Waals surface area contributed by atoms with Crippen molar-refractivity contribution in [1.29, 1.82) is 0 Å². The van der Waals surface area contributed by atoms with Crippen LogP contribution in [0.5, 0.6) is 0 Å². The lowest BCUT2D eigenvalue weighted by atomic mass is 10.1. The van der Waals surface area contributed by atoms with E-state index >= 15 is 0 Å². The molecule has 0 radical (unpaired) electrons. The number of anilines is 1. The molecule has 2 aliphatic rings. The van der Waals surface area contributed by atoms with Gasteiger partial charge < -0.3 is 14.7 Å². The Morgan fingerprint density at radius 1 is 0.862 bits per heavy atom. The maximum Gasteiger partial charge on any atom is 0.277 e. The molecular weight excluding hydrogens is 368 g/mol. The first-order valence-electron chi connectivity index (χ1n) is 9.89. The van der Waals surface area contributed by atoms with Crippen molar-refractivity contribution in [3.63, 3.8) is 0 Å². The summed E-state index contributed by atoms with van der Waals surface area (Å²) in [7, 11) is 0. The number of hydrogen-bond donors (Lipinski definition) is 0. The number of carbonyl (C=O) groups excluding carboxylic acids is 3. The average Bonchev–Trinajstić information content (AvgIpc) is 3.08. The van der Waals surface area contributed by atoms with Gasteiger partial charge >= 0.3 is 0 Å². The quantitative estimate of drug-likeness (QED) is 0.783. The molecule has 3 heterocycles. The molecule has 4 rings (SSSR count). The number of fused-ring (bicyclic) bond motifs is 1. The zero-order valence-electron chi connectivity index (χ0n) is 16.7. The summed E-state index contributed by atoms with van der Waals surface area (Å²) >= 11 is 0. The van der Waals surface area contributed by atoms with E-state index in [1.807, 2.05) is 31.2 Å². The number of aromatic nitrogens is 1. The van der Waals surface area contributed by atoms with Gasteiger partial charge in [-0.3, -0.25) is 14.4 Å². The molecule has 150 valence electrons. The van der Waals surface area contributed by atoms with Crippen LogP contribution in [0.15, 0.2) is 42.5 Å². The first-order chi connectivity index (χ1) is 14.0. The van der Waals surface area contributed by atoms with Crippen LogP contribution in [0.4, 0.5) is 5.69 Å². The van der Waals surface area contributed by atoms with Gasteiger partial charge in [-0.15, -0.1) is 0 Å². The normalized spacial score (nSPS) is 18.6. The number of benzene rings is 1. The number of para-hydroxylation sites is 1. The second-order valence-electron chi connectivity index (χ2n) is 7.56. The first kappa shape index (κ1) is 19.1. The molecule has 1 aromatic carbocycles. The highest BCUT2D eigenvalue weighted by Crippen LogP contribution is 2.32. The Morgan fingerprint density at radius 3 is 2.17 bits per heavy atom. The van der Waals surface area contributed by atoms with Crippen molar-refractivity contribution in [2.24, 2.45) is 0 Å². The molecule has 7 nitrogen and oxygen atoms in total. The van der Waals surface area contributed by atoms with E-state index in [-0.39, 0.29) is 35.2 Å². The zero-order valence-corrected chi connectivity index (χ0v) is 16.7. The minimum absolute atomic E-state index is 0.0165. The number of amides is 3. The molecule has 1 unspecified atom stereocenters. The SMILES string of the molecule is CC(=O)N1CCN(C(=O)c2cccc(C(=O)N3c4ccccc4CC3C)n2)CC1. The van der Waals surface area contributed by atoms with Crippen molar-refractivity contribution >= 4 is 23.4 Å². The van der Waals surface area contributed by atoms with E-state index < -0.39 is 0 Å². The highest BCUT2D eigenvalue weighted by atomic mass is 16.2. The maximum absolute atomic E-state index is 13.2. The second-order valence-corrected chi connectivity index (χ2v) is 7.56. The summed E-state index contributed by atoms with van der Waals surface area (Å²) in [5, 5.41) is 0. The van der Waals surface area contributed by atoms with Crippen molar-refractivity contribution in [3.8, 4) is 0 Å². The van der Waals surface area contributed by atoms with E-state index in [0.29, 0.717) is 26.2 Å². The fourth-order valence-electron chi connectivity index (χ4n) is 4.06. The van der Waals surface area contributed by atoms with Crippen LogP contribution in [0.3, 0.4) is 0 Å². The van der Waals surface area contributed by atoms with E-state index in [9.17, 15) is 14.4 Å². The maximum atomic E-state index is 13.2. The van der Waals surface area contributed by atoms with Crippen molar-refractivity contribution in [2.45, 2.75) is 26.3 Å². The van der Waals surface area contributed by atoms with Crippen molar-refractivity contribution in [3.05, 3.63) is 59.4 Å². The summed E-state index contributed by atoms with van der Waals surface area (Å²) < 4.78 is 0. The highest BCUT2D eigenvalue weighted by Gasteiger charge is 2.32. The lowest BCUT2D eigenvalue weighted by Crippen LogP contribution is -2.50. The Kier molecular flexibility index (Phi) is 5.05. The largest absolute Gasteiger partial charge is 0.339 e. The third-order valence-electron chi connectivity index (χ3n) is 5.63. The number of carbonyl (C=O) groups is 3. The van der Waals surface area contributed by atoms with Crippen molar-refractivity contribution < 1.29 is 14.4 Å². The van der Waals surface area contributed by atoms with Crippen LogP contribution in [0.25, 0.3) is 0 Å². The van der Waals surface area contributed by atoms with E-state index in [1.54, 1.807) is 32.9 Å². The van der Waals surface area contributed by atoms with Gasteiger partial charge in [0.05, 0.1) is 0 Å². The molecule has 1 saturated heterocycles. The summed E-state index contributed by atoms with van der Waals surface area (Å²) in [4.78, 5) is 47.1. The van der Waals surface area contributed by atoms with Gasteiger partial charge in [0.2, 0.25) is 5.91 Å². The van der Waals surface area contributed by atoms with Gasteiger partial charge in [-0.05, 0) is 37.1 Å². The molecule has 0 aliphatic carbocycles. The van der Waals surface area contributed by atoms with Gasteiger partial charge in [0.25, 0.3) is 11.8 Å². The average molecular weight is 392 g/mol. The first-order valence-corrected chi connectivity index (χ1v) is 9.89. The molecule has 29 heavy (non-hydrogen) atoms. The smallest absolute Gasteiger partial charge is 0.277 e. The van der Waals surface area contributed by atoms with Gasteiger partial charge in [-0.1, -0.05) is 24.3 Å². The minimum atomic E-state index is -0.210. The topological polar surface area (TPSA) is 73.8 Å². The number of hydrogen-bond acceptors (Lipinski definition) is 4. The monoisotopic (exact) mass is 392 g/mol. The number of nitrogens with zero attached hydrogens (tertiary/aromatic N) is 4.